The molecule has 3 heteroatoms. The SMILES string of the molecule is CC1(C)c2cc(-c3ccc4sc5c(-c6cc(-c7ccccc7)nc(-c7ccccc7)n6)cccc5c4c3)ccc2-c2cc3c(cc21)-c1ccccc1C31CCCCC1. The molecule has 0 saturated heterocycles. The Kier molecular flexibility index (Phi) is 7.41. The van der Waals surface area contributed by atoms with E-state index in [1.54, 1.807) is 11.1 Å². The van der Waals surface area contributed by atoms with Gasteiger partial charge in [0, 0.05) is 47.7 Å². The normalized spacial score (nSPS) is 15.7. The van der Waals surface area contributed by atoms with E-state index in [0.29, 0.717) is 0 Å². The molecule has 7 aromatic carbocycles. The molecule has 0 bridgehead atoms. The largest absolute Gasteiger partial charge is 0.228 e. The van der Waals surface area contributed by atoms with Crippen LogP contribution in [0.4, 0.5) is 0 Å². The fourth-order valence-electron chi connectivity index (χ4n) is 10.8. The Morgan fingerprint density at radius 3 is 1.90 bits per heavy atom. The molecule has 1 spiro atoms. The third-order valence-electron chi connectivity index (χ3n) is 13.7. The van der Waals surface area contributed by atoms with E-state index in [0.717, 1.165) is 33.9 Å². The van der Waals surface area contributed by atoms with Crippen LogP contribution in [0.25, 0.3) is 87.5 Å². The zero-order chi connectivity index (χ0) is 38.6. The Bertz CT molecular complexity index is 3050. The minimum Gasteiger partial charge on any atom is -0.228 e. The van der Waals surface area contributed by atoms with Crippen LogP contribution >= 0.6 is 11.3 Å². The van der Waals surface area contributed by atoms with Gasteiger partial charge in [-0.3, -0.25) is 0 Å². The third kappa shape index (κ3) is 4.96. The van der Waals surface area contributed by atoms with Gasteiger partial charge >= 0.3 is 0 Å². The fourth-order valence-corrected chi connectivity index (χ4v) is 12.0. The van der Waals surface area contributed by atoms with Crippen LogP contribution in [0.15, 0.2) is 158 Å². The predicted molar refractivity (Wildman–Crippen MR) is 244 cm³/mol. The maximum absolute atomic E-state index is 5.20. The van der Waals surface area contributed by atoms with E-state index in [9.17, 15) is 0 Å². The molecule has 0 atom stereocenters. The first-order valence-corrected chi connectivity index (χ1v) is 21.7. The van der Waals surface area contributed by atoms with Crippen molar-refractivity contribution in [1.82, 2.24) is 9.97 Å². The predicted octanol–water partition coefficient (Wildman–Crippen LogP) is 15.0. The van der Waals surface area contributed by atoms with Crippen molar-refractivity contribution in [2.75, 3.05) is 0 Å². The van der Waals surface area contributed by atoms with Crippen LogP contribution in [0.2, 0.25) is 0 Å². The molecule has 58 heavy (non-hydrogen) atoms. The minimum atomic E-state index is -0.101. The summed E-state index contributed by atoms with van der Waals surface area (Å²) in [6.07, 6.45) is 6.49. The first-order chi connectivity index (χ1) is 28.5. The van der Waals surface area contributed by atoms with E-state index in [1.165, 1.54) is 96.8 Å². The van der Waals surface area contributed by atoms with E-state index >= 15 is 0 Å². The molecule has 0 unspecified atom stereocenters. The molecule has 2 aromatic heterocycles. The van der Waals surface area contributed by atoms with Gasteiger partial charge < -0.3 is 0 Å². The minimum absolute atomic E-state index is 0.101. The number of hydrogen-bond donors (Lipinski definition) is 0. The first kappa shape index (κ1) is 33.9. The molecule has 0 amide bonds. The number of benzene rings is 7. The van der Waals surface area contributed by atoms with Crippen molar-refractivity contribution >= 4 is 31.5 Å². The quantitative estimate of drug-likeness (QED) is 0.178. The van der Waals surface area contributed by atoms with Gasteiger partial charge in [0.05, 0.1) is 11.4 Å². The molecule has 12 rings (SSSR count). The highest BCUT2D eigenvalue weighted by Gasteiger charge is 2.46. The van der Waals surface area contributed by atoms with E-state index in [1.807, 2.05) is 23.5 Å². The number of nitrogens with zero attached hydrogens (tertiary/aromatic N) is 2. The molecule has 3 aliphatic carbocycles. The van der Waals surface area contributed by atoms with Gasteiger partial charge in [-0.25, -0.2) is 9.97 Å². The first-order valence-electron chi connectivity index (χ1n) is 20.9. The van der Waals surface area contributed by atoms with Crippen LogP contribution in [0.3, 0.4) is 0 Å². The molecule has 2 nitrogen and oxygen atoms in total. The van der Waals surface area contributed by atoms with E-state index in [4.69, 9.17) is 9.97 Å². The van der Waals surface area contributed by atoms with Gasteiger partial charge in [-0.05, 0) is 105 Å². The fraction of sp³-hybridized carbons (Fsp3) is 0.164. The Labute approximate surface area is 343 Å². The highest BCUT2D eigenvalue weighted by Crippen LogP contribution is 2.60. The van der Waals surface area contributed by atoms with Crippen molar-refractivity contribution in [3.05, 3.63) is 180 Å². The molecule has 0 radical (unpaired) electrons. The molecule has 278 valence electrons. The average Bonchev–Trinajstić information content (AvgIpc) is 3.86. The Hall–Kier alpha value is -6.16. The molecule has 0 N–H and O–H groups in total. The van der Waals surface area contributed by atoms with Gasteiger partial charge in [0.2, 0.25) is 0 Å². The van der Waals surface area contributed by atoms with Gasteiger partial charge in [-0.15, -0.1) is 11.3 Å². The lowest BCUT2D eigenvalue weighted by Gasteiger charge is -2.36. The Balaban J connectivity index is 0.957. The van der Waals surface area contributed by atoms with Crippen molar-refractivity contribution in [2.24, 2.45) is 0 Å². The van der Waals surface area contributed by atoms with Gasteiger partial charge in [0.15, 0.2) is 5.82 Å². The molecular weight excluding hydrogens is 721 g/mol. The van der Waals surface area contributed by atoms with Crippen LogP contribution in [-0.2, 0) is 10.8 Å². The molecule has 9 aromatic rings. The molecule has 0 aliphatic heterocycles. The number of aromatic nitrogens is 2. The standard InChI is InChI=1S/C55H42N2S/c1-54(2)46-30-37(23-25-39(46)42-32-48-43(31-47(42)54)38-19-10-11-22-45(38)55(48)27-12-5-13-28-55)36-24-26-51-44(29-36)40-20-14-21-41(52(40)58-51)50-33-49(34-15-6-3-7-16-34)56-53(57-50)35-17-8-4-9-18-35/h3-4,6-11,14-26,29-33H,5,12-13,27-28H2,1-2H3. The third-order valence-corrected chi connectivity index (χ3v) is 14.9. The van der Waals surface area contributed by atoms with E-state index in [-0.39, 0.29) is 10.8 Å². The highest BCUT2D eigenvalue weighted by atomic mass is 32.1. The lowest BCUT2D eigenvalue weighted by atomic mass is 9.67. The summed E-state index contributed by atoms with van der Waals surface area (Å²) in [5.74, 6) is 0.738. The second kappa shape index (κ2) is 12.7. The summed E-state index contributed by atoms with van der Waals surface area (Å²) in [5, 5.41) is 2.55. The lowest BCUT2D eigenvalue weighted by molar-refractivity contribution is 0.353. The van der Waals surface area contributed by atoms with Crippen molar-refractivity contribution in [1.29, 1.82) is 0 Å². The number of fused-ring (bicyclic) bond motifs is 11. The molecule has 1 saturated carbocycles. The lowest BCUT2D eigenvalue weighted by Crippen LogP contribution is -2.28. The molecule has 2 heterocycles. The molecule has 1 fully saturated rings. The summed E-state index contributed by atoms with van der Waals surface area (Å²) in [5.41, 5.74) is 19.5. The molecular formula is C55H42N2S. The summed E-state index contributed by atoms with van der Waals surface area (Å²) in [7, 11) is 0. The summed E-state index contributed by atoms with van der Waals surface area (Å²) in [6, 6.07) is 58.4. The summed E-state index contributed by atoms with van der Waals surface area (Å²) in [4.78, 5) is 10.3. The Morgan fingerprint density at radius 2 is 1.07 bits per heavy atom. The summed E-state index contributed by atoms with van der Waals surface area (Å²) in [6.45, 7) is 4.86. The second-order valence-corrected chi connectivity index (χ2v) is 18.3. The smallest absolute Gasteiger partial charge is 0.160 e. The van der Waals surface area contributed by atoms with Crippen molar-refractivity contribution in [3.63, 3.8) is 0 Å². The molecule has 3 aliphatic rings. The van der Waals surface area contributed by atoms with Gasteiger partial charge in [-0.1, -0.05) is 154 Å². The van der Waals surface area contributed by atoms with Gasteiger partial charge in [-0.2, -0.15) is 0 Å². The van der Waals surface area contributed by atoms with Crippen LogP contribution in [0.5, 0.6) is 0 Å². The number of thiophene rings is 1. The van der Waals surface area contributed by atoms with Gasteiger partial charge in [0.1, 0.15) is 0 Å². The van der Waals surface area contributed by atoms with Crippen LogP contribution < -0.4 is 0 Å². The average molecular weight is 763 g/mol. The van der Waals surface area contributed by atoms with Crippen molar-refractivity contribution in [2.45, 2.75) is 56.8 Å². The van der Waals surface area contributed by atoms with E-state index < -0.39 is 0 Å². The Morgan fingerprint density at radius 1 is 0.431 bits per heavy atom. The maximum atomic E-state index is 5.20. The highest BCUT2D eigenvalue weighted by molar-refractivity contribution is 7.26. The monoisotopic (exact) mass is 762 g/mol. The zero-order valence-corrected chi connectivity index (χ0v) is 33.7. The van der Waals surface area contributed by atoms with Crippen molar-refractivity contribution < 1.29 is 0 Å². The van der Waals surface area contributed by atoms with E-state index in [2.05, 4.69) is 159 Å². The van der Waals surface area contributed by atoms with Crippen LogP contribution in [0, 0.1) is 0 Å². The van der Waals surface area contributed by atoms with Crippen LogP contribution in [-0.4, -0.2) is 9.97 Å². The zero-order valence-electron chi connectivity index (χ0n) is 32.8. The van der Waals surface area contributed by atoms with Crippen LogP contribution in [0.1, 0.15) is 68.2 Å². The maximum Gasteiger partial charge on any atom is 0.160 e. The second-order valence-electron chi connectivity index (χ2n) is 17.2. The summed E-state index contributed by atoms with van der Waals surface area (Å²) >= 11 is 1.86. The number of hydrogen-bond acceptors (Lipinski definition) is 3. The number of rotatable bonds is 4. The summed E-state index contributed by atoms with van der Waals surface area (Å²) < 4.78 is 2.54. The van der Waals surface area contributed by atoms with Gasteiger partial charge in [0.25, 0.3) is 0 Å². The topological polar surface area (TPSA) is 25.8 Å². The van der Waals surface area contributed by atoms with Crippen molar-refractivity contribution in [3.8, 4) is 67.3 Å².